The molecule has 3 heterocycles. The van der Waals surface area contributed by atoms with Crippen molar-refractivity contribution < 1.29 is 38.4 Å². The number of aliphatic hydroxyl groups excluding tert-OH is 1. The fourth-order valence-corrected chi connectivity index (χ4v) is 6.79. The number of carbonyl (C=O) groups is 3. The van der Waals surface area contributed by atoms with E-state index in [1.54, 1.807) is 16.3 Å². The van der Waals surface area contributed by atoms with Crippen molar-refractivity contribution in [2.75, 3.05) is 6.61 Å². The first-order valence-corrected chi connectivity index (χ1v) is 23.7. The van der Waals surface area contributed by atoms with Crippen LogP contribution in [0.25, 0.3) is 0 Å². The predicted octanol–water partition coefficient (Wildman–Crippen LogP) is 9.00. The minimum atomic E-state index is -0.454. The number of nitrogens with zero attached hydrogens (tertiary/aromatic N) is 6. The number of aliphatic hydroxyl groups is 1. The smallest absolute Gasteiger partial charge is 0.309 e. The summed E-state index contributed by atoms with van der Waals surface area (Å²) in [5, 5.41) is 25.1. The van der Waals surface area contributed by atoms with Crippen molar-refractivity contribution in [1.29, 1.82) is 0 Å². The average Bonchev–Trinajstić information content (AvgIpc) is 4.19. The van der Waals surface area contributed by atoms with Gasteiger partial charge >= 0.3 is 17.9 Å². The molecule has 7 aromatic rings. The van der Waals surface area contributed by atoms with E-state index < -0.39 is 6.29 Å². The van der Waals surface area contributed by atoms with Crippen LogP contribution in [0.1, 0.15) is 79.2 Å². The van der Waals surface area contributed by atoms with Gasteiger partial charge in [-0.15, -0.1) is 22.5 Å². The summed E-state index contributed by atoms with van der Waals surface area (Å²) < 4.78 is 24.1. The molecule has 14 heteroatoms. The fourth-order valence-electron chi connectivity index (χ4n) is 6.79. The molecule has 14 nitrogen and oxygen atoms in total. The lowest BCUT2D eigenvalue weighted by atomic mass is 10.1. The Kier molecular flexibility index (Phi) is 23.4. The average molecular weight is 961 g/mol. The SMILES string of the molecule is C#CC[C@H](C)C(=O)OCc1ccccc1.C[C@@H](Cc1cn(Cc2ccccc2)nn1)C(=O)OCc1ccccc1.C[C@@H](Cc1cn(Cc2ccccc2)nn1)C(=O)OCc1ccccc1.OC1CCCO1. The van der Waals surface area contributed by atoms with Gasteiger partial charge in [-0.25, -0.2) is 9.36 Å². The van der Waals surface area contributed by atoms with Gasteiger partial charge in [0.05, 0.1) is 42.2 Å². The molecule has 8 rings (SSSR count). The molecule has 0 saturated carbocycles. The quantitative estimate of drug-likeness (QED) is 0.0493. The van der Waals surface area contributed by atoms with Crippen LogP contribution in [0.5, 0.6) is 0 Å². The number of rotatable bonds is 18. The monoisotopic (exact) mass is 960 g/mol. The molecule has 1 aliphatic rings. The third-order valence-corrected chi connectivity index (χ3v) is 10.8. The van der Waals surface area contributed by atoms with E-state index in [9.17, 15) is 14.4 Å². The molecule has 1 unspecified atom stereocenters. The highest BCUT2D eigenvalue weighted by molar-refractivity contribution is 5.73. The lowest BCUT2D eigenvalue weighted by Gasteiger charge is -2.10. The van der Waals surface area contributed by atoms with Crippen molar-refractivity contribution in [1.82, 2.24) is 30.0 Å². The van der Waals surface area contributed by atoms with Crippen LogP contribution in [0.3, 0.4) is 0 Å². The minimum absolute atomic E-state index is 0.221. The molecule has 0 amide bonds. The van der Waals surface area contributed by atoms with E-state index in [-0.39, 0.29) is 35.7 Å². The second kappa shape index (κ2) is 30.7. The van der Waals surface area contributed by atoms with E-state index in [0.29, 0.717) is 52.2 Å². The highest BCUT2D eigenvalue weighted by atomic mass is 16.6. The lowest BCUT2D eigenvalue weighted by Crippen LogP contribution is -2.17. The first-order valence-electron chi connectivity index (χ1n) is 23.7. The van der Waals surface area contributed by atoms with Crippen molar-refractivity contribution in [2.45, 2.75) is 92.1 Å². The second-order valence-corrected chi connectivity index (χ2v) is 17.1. The van der Waals surface area contributed by atoms with Crippen LogP contribution >= 0.6 is 0 Å². The Hall–Kier alpha value is -7.73. The van der Waals surface area contributed by atoms with Gasteiger partial charge in [0, 0.05) is 44.7 Å². The number of aromatic nitrogens is 6. The van der Waals surface area contributed by atoms with Crippen LogP contribution in [-0.2, 0) is 79.1 Å². The topological polar surface area (TPSA) is 170 Å². The summed E-state index contributed by atoms with van der Waals surface area (Å²) in [6, 6.07) is 49.1. The van der Waals surface area contributed by atoms with Gasteiger partial charge in [0.1, 0.15) is 19.8 Å². The minimum Gasteiger partial charge on any atom is -0.461 e. The Bertz CT molecular complexity index is 2480. The lowest BCUT2D eigenvalue weighted by molar-refractivity contribution is -0.150. The summed E-state index contributed by atoms with van der Waals surface area (Å²) in [4.78, 5) is 35.7. The number of terminal acetylenes is 1. The molecular formula is C57H64N6O8. The highest BCUT2D eigenvalue weighted by Crippen LogP contribution is 2.14. The molecule has 1 saturated heterocycles. The van der Waals surface area contributed by atoms with Crippen molar-refractivity contribution in [2.24, 2.45) is 17.8 Å². The molecule has 0 aliphatic carbocycles. The first-order chi connectivity index (χ1) is 34.5. The molecule has 1 N–H and O–H groups in total. The molecule has 5 aromatic carbocycles. The maximum atomic E-state index is 12.1. The van der Waals surface area contributed by atoms with E-state index in [0.717, 1.165) is 58.7 Å². The van der Waals surface area contributed by atoms with Gasteiger partial charge in [0.25, 0.3) is 0 Å². The predicted molar refractivity (Wildman–Crippen MR) is 269 cm³/mol. The van der Waals surface area contributed by atoms with E-state index in [1.807, 2.05) is 178 Å². The van der Waals surface area contributed by atoms with Gasteiger partial charge in [-0.2, -0.15) is 0 Å². The largest absolute Gasteiger partial charge is 0.461 e. The Labute approximate surface area is 417 Å². The van der Waals surface area contributed by atoms with E-state index in [1.165, 1.54) is 0 Å². The molecule has 1 fully saturated rings. The summed E-state index contributed by atoms with van der Waals surface area (Å²) in [5.74, 6) is 1.02. The normalized spacial score (nSPS) is 13.7. The van der Waals surface area contributed by atoms with Crippen molar-refractivity contribution in [3.8, 4) is 12.3 Å². The molecule has 2 aromatic heterocycles. The summed E-state index contributed by atoms with van der Waals surface area (Å²) >= 11 is 0. The van der Waals surface area contributed by atoms with Gasteiger partial charge in [-0.05, 0) is 34.2 Å². The molecule has 71 heavy (non-hydrogen) atoms. The Balaban J connectivity index is 0.000000192. The number of ether oxygens (including phenoxy) is 4. The van der Waals surface area contributed by atoms with Crippen molar-refractivity contribution >= 4 is 17.9 Å². The highest BCUT2D eigenvalue weighted by Gasteiger charge is 2.19. The van der Waals surface area contributed by atoms with Crippen molar-refractivity contribution in [3.63, 3.8) is 0 Å². The van der Waals surface area contributed by atoms with Crippen molar-refractivity contribution in [3.05, 3.63) is 203 Å². The third kappa shape index (κ3) is 21.2. The van der Waals surface area contributed by atoms with E-state index >= 15 is 0 Å². The number of esters is 3. The Morgan fingerprint density at radius 2 is 0.915 bits per heavy atom. The molecule has 0 radical (unpaired) electrons. The molecule has 4 atom stereocenters. The van der Waals surface area contributed by atoms with Gasteiger partial charge in [0.2, 0.25) is 0 Å². The van der Waals surface area contributed by atoms with Crippen LogP contribution in [-0.4, -0.2) is 65.9 Å². The molecule has 370 valence electrons. The summed E-state index contributed by atoms with van der Waals surface area (Å²) in [6.07, 6.45) is 11.7. The Morgan fingerprint density at radius 1 is 0.577 bits per heavy atom. The zero-order valence-corrected chi connectivity index (χ0v) is 40.7. The van der Waals surface area contributed by atoms with Gasteiger partial charge in [-0.1, -0.05) is 183 Å². The maximum absolute atomic E-state index is 12.1. The number of hydrogen-bond acceptors (Lipinski definition) is 12. The first kappa shape index (κ1) is 54.2. The van der Waals surface area contributed by atoms with Crippen LogP contribution < -0.4 is 0 Å². The second-order valence-electron chi connectivity index (χ2n) is 17.1. The third-order valence-electron chi connectivity index (χ3n) is 10.8. The van der Waals surface area contributed by atoms with E-state index in [2.05, 4.69) is 26.5 Å². The number of carbonyl (C=O) groups excluding carboxylic acids is 3. The summed E-state index contributed by atoms with van der Waals surface area (Å²) in [7, 11) is 0. The van der Waals surface area contributed by atoms with Crippen LogP contribution in [0.2, 0.25) is 0 Å². The number of benzene rings is 5. The summed E-state index contributed by atoms with van der Waals surface area (Å²) in [5.41, 5.74) is 6.86. The molecule has 0 bridgehead atoms. The molecule has 1 aliphatic heterocycles. The van der Waals surface area contributed by atoms with E-state index in [4.69, 9.17) is 30.5 Å². The standard InChI is InChI=1S/2C20H21N3O2.C13H14O2.C4H8O2/c2*1-16(20(24)25-15-18-10-6-3-7-11-18)12-19-14-23(22-21-19)13-17-8-4-2-5-9-17;1-3-7-11(2)13(14)15-10-12-8-5-4-6-9-12;5-4-2-1-3-6-4/h2*2-11,14,16H,12-13,15H2,1H3;1,4-6,8-9,11H,7,10H2,2H3;4-5H,1-3H2/t2*16-;11-;/m000./s1. The maximum Gasteiger partial charge on any atom is 0.309 e. The van der Waals surface area contributed by atoms with Gasteiger partial charge < -0.3 is 24.1 Å². The fraction of sp³-hybridized carbons (Fsp3) is 0.316. The van der Waals surface area contributed by atoms with Crippen LogP contribution in [0, 0.1) is 30.1 Å². The van der Waals surface area contributed by atoms with Gasteiger partial charge in [-0.3, -0.25) is 14.4 Å². The molecular weight excluding hydrogens is 897 g/mol. The van der Waals surface area contributed by atoms with Crippen LogP contribution in [0.4, 0.5) is 0 Å². The summed E-state index contributed by atoms with van der Waals surface area (Å²) in [6.45, 7) is 8.45. The Morgan fingerprint density at radius 3 is 1.21 bits per heavy atom. The zero-order valence-electron chi connectivity index (χ0n) is 40.7. The van der Waals surface area contributed by atoms with Crippen LogP contribution in [0.15, 0.2) is 164 Å². The molecule has 0 spiro atoms. The zero-order chi connectivity index (χ0) is 50.5. The number of hydrogen-bond donors (Lipinski definition) is 1. The van der Waals surface area contributed by atoms with Gasteiger partial charge in [0.15, 0.2) is 6.29 Å².